The monoisotopic (exact) mass is 282 g/mol. The third-order valence-corrected chi connectivity index (χ3v) is 3.65. The van der Waals surface area contributed by atoms with E-state index in [-0.39, 0.29) is 11.2 Å². The summed E-state index contributed by atoms with van der Waals surface area (Å²) >= 11 is 5.30. The van der Waals surface area contributed by atoms with Crippen LogP contribution in [0.25, 0.3) is 11.0 Å². The number of aromatic amines is 1. The van der Waals surface area contributed by atoms with Crippen molar-refractivity contribution in [3.8, 4) is 0 Å². The average Bonchev–Trinajstić information content (AvgIpc) is 2.66. The highest BCUT2D eigenvalue weighted by atomic mass is 32.1. The Morgan fingerprint density at radius 1 is 1.42 bits per heavy atom. The molecule has 0 aliphatic carbocycles. The van der Waals surface area contributed by atoms with E-state index in [4.69, 9.17) is 17.0 Å². The highest BCUT2D eigenvalue weighted by Crippen LogP contribution is 2.26. The maximum Gasteiger partial charge on any atom is 0.178 e. The molecule has 0 saturated heterocycles. The number of aromatic nitrogens is 2. The lowest BCUT2D eigenvalue weighted by Crippen LogP contribution is -2.21. The van der Waals surface area contributed by atoms with Crippen LogP contribution in [0.15, 0.2) is 18.2 Å². The van der Waals surface area contributed by atoms with Gasteiger partial charge in [-0.05, 0) is 36.2 Å². The average molecular weight is 282 g/mol. The highest BCUT2D eigenvalue weighted by molar-refractivity contribution is 7.71. The largest absolute Gasteiger partial charge is 0.385 e. The molecule has 0 atom stereocenters. The van der Waals surface area contributed by atoms with Crippen LogP contribution in [-0.2, 0) is 11.3 Å². The Hall–Kier alpha value is -1.20. The van der Waals surface area contributed by atoms with Crippen LogP contribution >= 0.6 is 12.2 Å². The number of fused-ring (bicyclic) bond motifs is 1. The van der Waals surface area contributed by atoms with Crippen molar-refractivity contribution in [2.45, 2.75) is 26.8 Å². The van der Waals surface area contributed by atoms with Crippen molar-refractivity contribution in [1.29, 1.82) is 0 Å². The van der Waals surface area contributed by atoms with Gasteiger partial charge in [0.1, 0.15) is 11.3 Å². The van der Waals surface area contributed by atoms with E-state index in [2.05, 4.69) is 18.8 Å². The third kappa shape index (κ3) is 3.04. The smallest absolute Gasteiger partial charge is 0.178 e. The third-order valence-electron chi connectivity index (χ3n) is 3.33. The fraction of sp³-hybridized carbons (Fsp3) is 0.500. The molecule has 104 valence electrons. The number of nitrogens with one attached hydrogen (secondary N) is 1. The molecule has 0 aliphatic heterocycles. The quantitative estimate of drug-likeness (QED) is 0.843. The fourth-order valence-electron chi connectivity index (χ4n) is 2.19. The molecular weight excluding hydrogens is 263 g/mol. The van der Waals surface area contributed by atoms with E-state index < -0.39 is 0 Å². The first-order valence-corrected chi connectivity index (χ1v) is 6.71. The number of halogens is 1. The van der Waals surface area contributed by atoms with E-state index in [0.29, 0.717) is 16.9 Å². The van der Waals surface area contributed by atoms with Gasteiger partial charge >= 0.3 is 0 Å². The summed E-state index contributed by atoms with van der Waals surface area (Å²) in [7, 11) is 1.70. The van der Waals surface area contributed by atoms with Crippen LogP contribution in [0.3, 0.4) is 0 Å². The van der Waals surface area contributed by atoms with Crippen molar-refractivity contribution < 1.29 is 9.13 Å². The number of rotatable bonds is 5. The van der Waals surface area contributed by atoms with Crippen molar-refractivity contribution >= 4 is 23.3 Å². The molecule has 2 aromatic rings. The van der Waals surface area contributed by atoms with Gasteiger partial charge in [-0.2, -0.15) is 0 Å². The highest BCUT2D eigenvalue weighted by Gasteiger charge is 2.20. The van der Waals surface area contributed by atoms with Crippen LogP contribution in [0.1, 0.15) is 20.3 Å². The standard InChI is InChI=1S/C14H19FN2OS/c1-14(2,7-8-18-3)9-17-11-6-4-5-10(15)12(11)16-13(17)19/h4-6H,7-9H2,1-3H3,(H,16,19). The van der Waals surface area contributed by atoms with Crippen LogP contribution in [0.5, 0.6) is 0 Å². The van der Waals surface area contributed by atoms with Gasteiger partial charge < -0.3 is 14.3 Å². The second kappa shape index (κ2) is 5.43. The zero-order chi connectivity index (χ0) is 14.0. The van der Waals surface area contributed by atoms with Gasteiger partial charge in [0.2, 0.25) is 0 Å². The number of methoxy groups -OCH3 is 1. The van der Waals surface area contributed by atoms with Crippen LogP contribution in [0, 0.1) is 16.0 Å². The van der Waals surface area contributed by atoms with E-state index >= 15 is 0 Å². The number of para-hydroxylation sites is 1. The molecule has 0 aliphatic rings. The maximum atomic E-state index is 13.7. The Labute approximate surface area is 117 Å². The molecule has 0 bridgehead atoms. The zero-order valence-corrected chi connectivity index (χ0v) is 12.3. The molecule has 1 aromatic carbocycles. The Balaban J connectivity index is 2.38. The maximum absolute atomic E-state index is 13.7. The molecule has 3 nitrogen and oxygen atoms in total. The Morgan fingerprint density at radius 3 is 2.84 bits per heavy atom. The summed E-state index contributed by atoms with van der Waals surface area (Å²) in [6, 6.07) is 5.03. The topological polar surface area (TPSA) is 29.9 Å². The number of imidazole rings is 1. The normalized spacial score (nSPS) is 12.2. The van der Waals surface area contributed by atoms with Gasteiger partial charge in [-0.25, -0.2) is 4.39 Å². The Kier molecular flexibility index (Phi) is 4.06. The number of hydrogen-bond acceptors (Lipinski definition) is 2. The Bertz CT molecular complexity index is 630. The molecular formula is C14H19FN2OS. The van der Waals surface area contributed by atoms with Gasteiger partial charge in [0.25, 0.3) is 0 Å². The molecule has 19 heavy (non-hydrogen) atoms. The summed E-state index contributed by atoms with van der Waals surface area (Å²) in [5, 5.41) is 0. The zero-order valence-electron chi connectivity index (χ0n) is 11.5. The molecule has 0 spiro atoms. The van der Waals surface area contributed by atoms with Crippen molar-refractivity contribution in [3.63, 3.8) is 0 Å². The second-order valence-electron chi connectivity index (χ2n) is 5.56. The van der Waals surface area contributed by atoms with E-state index in [1.165, 1.54) is 6.07 Å². The van der Waals surface area contributed by atoms with E-state index in [9.17, 15) is 4.39 Å². The molecule has 1 N–H and O–H groups in total. The molecule has 0 unspecified atom stereocenters. The van der Waals surface area contributed by atoms with Gasteiger partial charge in [0.05, 0.1) is 5.52 Å². The summed E-state index contributed by atoms with van der Waals surface area (Å²) in [5.41, 5.74) is 1.33. The van der Waals surface area contributed by atoms with Gasteiger partial charge in [-0.1, -0.05) is 19.9 Å². The molecule has 0 fully saturated rings. The van der Waals surface area contributed by atoms with Crippen LogP contribution in [-0.4, -0.2) is 23.3 Å². The number of H-pyrrole nitrogens is 1. The van der Waals surface area contributed by atoms with E-state index in [0.717, 1.165) is 18.5 Å². The molecule has 5 heteroatoms. The van der Waals surface area contributed by atoms with E-state index in [1.807, 2.05) is 10.6 Å². The number of ether oxygens (including phenoxy) is 1. The number of nitrogens with zero attached hydrogens (tertiary/aromatic N) is 1. The molecule has 0 radical (unpaired) electrons. The summed E-state index contributed by atoms with van der Waals surface area (Å²) < 4.78 is 21.4. The van der Waals surface area contributed by atoms with Gasteiger partial charge in [-0.15, -0.1) is 0 Å². The summed E-state index contributed by atoms with van der Waals surface area (Å²) in [6.07, 6.45) is 0.924. The molecule has 1 aromatic heterocycles. The lowest BCUT2D eigenvalue weighted by atomic mass is 9.89. The summed E-state index contributed by atoms with van der Waals surface area (Å²) in [5.74, 6) is -0.267. The first-order chi connectivity index (χ1) is 8.94. The van der Waals surface area contributed by atoms with Gasteiger partial charge in [-0.3, -0.25) is 0 Å². The predicted octanol–water partition coefficient (Wildman–Crippen LogP) is 3.90. The predicted molar refractivity (Wildman–Crippen MR) is 77.4 cm³/mol. The van der Waals surface area contributed by atoms with Crippen LogP contribution in [0.2, 0.25) is 0 Å². The lowest BCUT2D eigenvalue weighted by molar-refractivity contribution is 0.143. The number of benzene rings is 1. The second-order valence-corrected chi connectivity index (χ2v) is 5.94. The van der Waals surface area contributed by atoms with Crippen molar-refractivity contribution in [2.75, 3.05) is 13.7 Å². The van der Waals surface area contributed by atoms with Crippen molar-refractivity contribution in [3.05, 3.63) is 28.8 Å². The lowest BCUT2D eigenvalue weighted by Gasteiger charge is -2.25. The minimum Gasteiger partial charge on any atom is -0.385 e. The minimum absolute atomic E-state index is 0.0374. The molecule has 0 saturated carbocycles. The van der Waals surface area contributed by atoms with Gasteiger partial charge in [0, 0.05) is 20.3 Å². The van der Waals surface area contributed by atoms with Crippen LogP contribution in [0.4, 0.5) is 4.39 Å². The summed E-state index contributed by atoms with van der Waals surface area (Å²) in [4.78, 5) is 2.95. The summed E-state index contributed by atoms with van der Waals surface area (Å²) in [6.45, 7) is 5.76. The molecule has 1 heterocycles. The van der Waals surface area contributed by atoms with E-state index in [1.54, 1.807) is 13.2 Å². The van der Waals surface area contributed by atoms with Crippen molar-refractivity contribution in [1.82, 2.24) is 9.55 Å². The van der Waals surface area contributed by atoms with Crippen molar-refractivity contribution in [2.24, 2.45) is 5.41 Å². The number of hydrogen-bond donors (Lipinski definition) is 1. The minimum atomic E-state index is -0.267. The van der Waals surface area contributed by atoms with Gasteiger partial charge in [0.15, 0.2) is 4.77 Å². The molecule has 0 amide bonds. The SMILES string of the molecule is COCCC(C)(C)Cn1c(=S)[nH]c2c(F)cccc21. The first kappa shape index (κ1) is 14.2. The van der Waals surface area contributed by atoms with Crippen LogP contribution < -0.4 is 0 Å². The molecule has 2 rings (SSSR count). The fourth-order valence-corrected chi connectivity index (χ4v) is 2.45. The Morgan fingerprint density at radius 2 is 2.16 bits per heavy atom. The first-order valence-electron chi connectivity index (χ1n) is 6.30.